The van der Waals surface area contributed by atoms with Crippen molar-refractivity contribution in [2.75, 3.05) is 4.90 Å². The predicted octanol–water partition coefficient (Wildman–Crippen LogP) is 14.9. The van der Waals surface area contributed by atoms with Crippen molar-refractivity contribution < 1.29 is 4.42 Å². The highest BCUT2D eigenvalue weighted by molar-refractivity contribution is 6.38. The van der Waals surface area contributed by atoms with Crippen molar-refractivity contribution in [3.8, 4) is 22.3 Å². The molecule has 10 aromatic rings. The minimum atomic E-state index is 0.137. The van der Waals surface area contributed by atoms with E-state index < -0.39 is 0 Å². The predicted molar refractivity (Wildman–Crippen MR) is 226 cm³/mol. The summed E-state index contributed by atoms with van der Waals surface area (Å²) in [6, 6.07) is 59.8. The minimum Gasteiger partial charge on any atom is -0.455 e. The Kier molecular flexibility index (Phi) is 7.00. The molecule has 1 aromatic heterocycles. The summed E-state index contributed by atoms with van der Waals surface area (Å²) in [5.74, 6) is 0. The molecule has 0 aliphatic heterocycles. The summed E-state index contributed by atoms with van der Waals surface area (Å²) in [6.45, 7) is 8.91. The molecule has 0 N–H and O–H groups in total. The zero-order valence-corrected chi connectivity index (χ0v) is 30.4. The Morgan fingerprint density at radius 1 is 0.453 bits per heavy atom. The lowest BCUT2D eigenvalue weighted by Gasteiger charge is -2.25. The summed E-state index contributed by atoms with van der Waals surface area (Å²) in [6.07, 6.45) is 0. The van der Waals surface area contributed by atoms with Gasteiger partial charge >= 0.3 is 0 Å². The molecular weight excluding hydrogens is 643 g/mol. The first-order valence-electron chi connectivity index (χ1n) is 18.5. The summed E-state index contributed by atoms with van der Waals surface area (Å²) < 4.78 is 6.96. The molecule has 0 saturated carbocycles. The van der Waals surface area contributed by atoms with Crippen molar-refractivity contribution in [2.24, 2.45) is 0 Å². The standard InChI is InChI=1S/C51H39NO/c1-32-16-26-39(27-17-32)52(38-11-6-5-7-12-38)40-28-29-42-46(31-40)53-50-44-15-9-13-41-45(30-36-10-8-14-43(49(42)50)47(36)48(41)44)35-20-18-33(19-21-35)34-22-24-37(25-23-34)51(2,3)4/h5-31H,1-4H3. The zero-order valence-electron chi connectivity index (χ0n) is 30.4. The van der Waals surface area contributed by atoms with E-state index in [9.17, 15) is 0 Å². The van der Waals surface area contributed by atoms with Crippen LogP contribution in [0.3, 0.4) is 0 Å². The van der Waals surface area contributed by atoms with Gasteiger partial charge in [-0.25, -0.2) is 0 Å². The van der Waals surface area contributed by atoms with E-state index in [0.29, 0.717) is 0 Å². The van der Waals surface area contributed by atoms with Gasteiger partial charge in [-0.05, 0) is 104 Å². The van der Waals surface area contributed by atoms with E-state index in [1.165, 1.54) is 65.7 Å². The molecule has 0 radical (unpaired) electrons. The average Bonchev–Trinajstić information content (AvgIpc) is 3.58. The summed E-state index contributed by atoms with van der Waals surface area (Å²) in [4.78, 5) is 2.30. The molecule has 0 spiro atoms. The van der Waals surface area contributed by atoms with Crippen molar-refractivity contribution in [3.63, 3.8) is 0 Å². The summed E-state index contributed by atoms with van der Waals surface area (Å²) in [7, 11) is 0. The molecule has 254 valence electrons. The van der Waals surface area contributed by atoms with Crippen molar-refractivity contribution in [2.45, 2.75) is 33.1 Å². The first-order valence-corrected chi connectivity index (χ1v) is 18.5. The SMILES string of the molecule is Cc1ccc(N(c2ccccc2)c2ccc3c(c2)oc2c4cccc5c(-c6ccc(-c7ccc(C(C)(C)C)cc7)cc6)cc6cccc(c32)c6c54)cc1. The number of para-hydroxylation sites is 1. The van der Waals surface area contributed by atoms with Gasteiger partial charge in [0.25, 0.3) is 0 Å². The number of benzene rings is 9. The largest absolute Gasteiger partial charge is 0.455 e. The van der Waals surface area contributed by atoms with Gasteiger partial charge in [-0.3, -0.25) is 0 Å². The summed E-state index contributed by atoms with van der Waals surface area (Å²) >= 11 is 0. The number of nitrogens with zero attached hydrogens (tertiary/aromatic N) is 1. The first-order chi connectivity index (χ1) is 25.8. The molecule has 0 saturated heterocycles. The fraction of sp³-hybridized carbons (Fsp3) is 0.0980. The monoisotopic (exact) mass is 681 g/mol. The number of hydrogen-bond donors (Lipinski definition) is 0. The highest BCUT2D eigenvalue weighted by Crippen LogP contribution is 2.48. The van der Waals surface area contributed by atoms with Gasteiger partial charge in [0.2, 0.25) is 0 Å². The number of anilines is 3. The third-order valence-electron chi connectivity index (χ3n) is 11.0. The van der Waals surface area contributed by atoms with E-state index in [1.54, 1.807) is 0 Å². The molecule has 0 amide bonds. The molecule has 2 nitrogen and oxygen atoms in total. The second-order valence-electron chi connectivity index (χ2n) is 15.5. The zero-order chi connectivity index (χ0) is 35.8. The molecule has 10 rings (SSSR count). The molecular formula is C51H39NO. The highest BCUT2D eigenvalue weighted by Gasteiger charge is 2.22. The first kappa shape index (κ1) is 31.4. The molecule has 1 heterocycles. The normalized spacial score (nSPS) is 12.2. The highest BCUT2D eigenvalue weighted by atomic mass is 16.3. The second-order valence-corrected chi connectivity index (χ2v) is 15.5. The lowest BCUT2D eigenvalue weighted by molar-refractivity contribution is 0.590. The lowest BCUT2D eigenvalue weighted by atomic mass is 9.86. The fourth-order valence-corrected chi connectivity index (χ4v) is 8.29. The van der Waals surface area contributed by atoms with Crippen LogP contribution in [0, 0.1) is 6.92 Å². The Morgan fingerprint density at radius 3 is 1.81 bits per heavy atom. The van der Waals surface area contributed by atoms with E-state index in [2.05, 4.69) is 196 Å². The van der Waals surface area contributed by atoms with Crippen molar-refractivity contribution >= 4 is 71.3 Å². The lowest BCUT2D eigenvalue weighted by Crippen LogP contribution is -2.10. The van der Waals surface area contributed by atoms with E-state index in [1.807, 2.05) is 0 Å². The fourth-order valence-electron chi connectivity index (χ4n) is 8.29. The van der Waals surface area contributed by atoms with Crippen molar-refractivity contribution in [1.29, 1.82) is 0 Å². The van der Waals surface area contributed by atoms with Gasteiger partial charge in [-0.2, -0.15) is 0 Å². The van der Waals surface area contributed by atoms with E-state index in [-0.39, 0.29) is 5.41 Å². The van der Waals surface area contributed by atoms with Crippen LogP contribution < -0.4 is 4.90 Å². The Morgan fingerprint density at radius 2 is 1.08 bits per heavy atom. The van der Waals surface area contributed by atoms with Crippen LogP contribution in [-0.2, 0) is 5.41 Å². The molecule has 9 aromatic carbocycles. The molecule has 53 heavy (non-hydrogen) atoms. The third-order valence-corrected chi connectivity index (χ3v) is 11.0. The van der Waals surface area contributed by atoms with Crippen LogP contribution in [0.5, 0.6) is 0 Å². The van der Waals surface area contributed by atoms with Crippen LogP contribution in [0.4, 0.5) is 17.1 Å². The van der Waals surface area contributed by atoms with Crippen LogP contribution >= 0.6 is 0 Å². The van der Waals surface area contributed by atoms with Gasteiger partial charge in [0, 0.05) is 44.7 Å². The molecule has 0 atom stereocenters. The Hall–Kier alpha value is -6.38. The van der Waals surface area contributed by atoms with Crippen LogP contribution in [0.25, 0.3) is 76.5 Å². The quantitative estimate of drug-likeness (QED) is 0.168. The second kappa shape index (κ2) is 11.8. The Balaban J connectivity index is 1.14. The van der Waals surface area contributed by atoms with Gasteiger partial charge in [0.15, 0.2) is 0 Å². The third kappa shape index (κ3) is 5.09. The number of fused-ring (bicyclic) bond motifs is 5. The van der Waals surface area contributed by atoms with E-state index in [4.69, 9.17) is 4.42 Å². The Labute approximate surface area is 309 Å². The van der Waals surface area contributed by atoms with Gasteiger partial charge in [0.1, 0.15) is 11.2 Å². The average molecular weight is 682 g/mol. The maximum atomic E-state index is 6.96. The van der Waals surface area contributed by atoms with Gasteiger partial charge in [0.05, 0.1) is 0 Å². The van der Waals surface area contributed by atoms with Crippen LogP contribution in [0.1, 0.15) is 31.9 Å². The molecule has 0 aliphatic rings. The van der Waals surface area contributed by atoms with Crippen LogP contribution in [-0.4, -0.2) is 0 Å². The molecule has 2 heteroatoms. The number of rotatable bonds is 5. The maximum absolute atomic E-state index is 6.96. The van der Waals surface area contributed by atoms with Crippen molar-refractivity contribution in [1.82, 2.24) is 0 Å². The smallest absolute Gasteiger partial charge is 0.143 e. The molecule has 0 bridgehead atoms. The molecule has 0 fully saturated rings. The maximum Gasteiger partial charge on any atom is 0.143 e. The van der Waals surface area contributed by atoms with E-state index >= 15 is 0 Å². The minimum absolute atomic E-state index is 0.137. The topological polar surface area (TPSA) is 16.4 Å². The summed E-state index contributed by atoms with van der Waals surface area (Å²) in [5, 5.41) is 9.72. The Bertz CT molecular complexity index is 2950. The van der Waals surface area contributed by atoms with E-state index in [0.717, 1.165) is 39.0 Å². The summed E-state index contributed by atoms with van der Waals surface area (Å²) in [5.41, 5.74) is 12.7. The molecule has 0 aliphatic carbocycles. The van der Waals surface area contributed by atoms with Crippen LogP contribution in [0.2, 0.25) is 0 Å². The van der Waals surface area contributed by atoms with Gasteiger partial charge < -0.3 is 9.32 Å². The van der Waals surface area contributed by atoms with Gasteiger partial charge in [-0.1, -0.05) is 142 Å². The van der Waals surface area contributed by atoms with Crippen molar-refractivity contribution in [3.05, 3.63) is 175 Å². The molecule has 0 unspecified atom stereocenters. The number of hydrogen-bond acceptors (Lipinski definition) is 2. The van der Waals surface area contributed by atoms with Crippen LogP contribution in [0.15, 0.2) is 168 Å². The van der Waals surface area contributed by atoms with Gasteiger partial charge in [-0.15, -0.1) is 0 Å². The number of aryl methyl sites for hydroxylation is 1. The number of furan rings is 1.